The van der Waals surface area contributed by atoms with E-state index in [2.05, 4.69) is 23.1 Å². The molecule has 1 spiro atoms. The number of aryl methyl sites for hydroxylation is 2. The lowest BCUT2D eigenvalue weighted by Gasteiger charge is -2.37. The second-order valence-corrected chi connectivity index (χ2v) is 9.53. The fourth-order valence-corrected chi connectivity index (χ4v) is 5.19. The van der Waals surface area contributed by atoms with Crippen LogP contribution in [0.4, 0.5) is 0 Å². The number of cyclic esters (lactones) is 1. The van der Waals surface area contributed by atoms with Crippen molar-refractivity contribution >= 4 is 11.9 Å². The van der Waals surface area contributed by atoms with Crippen molar-refractivity contribution in [2.24, 2.45) is 5.41 Å². The molecule has 3 aliphatic rings. The molecule has 1 unspecified atom stereocenters. The summed E-state index contributed by atoms with van der Waals surface area (Å²) in [6.07, 6.45) is 3.90. The molecule has 6 nitrogen and oxygen atoms in total. The number of carbonyl (C=O) groups is 2. The summed E-state index contributed by atoms with van der Waals surface area (Å²) in [7, 11) is 0. The molecule has 1 aromatic carbocycles. The molecule has 3 aliphatic heterocycles. The van der Waals surface area contributed by atoms with Gasteiger partial charge in [0.2, 0.25) is 5.91 Å². The minimum absolute atomic E-state index is 0.0649. The Bertz CT molecular complexity index is 792. The van der Waals surface area contributed by atoms with Gasteiger partial charge in [0.15, 0.2) is 0 Å². The molecule has 1 atom stereocenters. The highest BCUT2D eigenvalue weighted by Crippen LogP contribution is 2.43. The number of esters is 1. The zero-order valence-electron chi connectivity index (χ0n) is 18.2. The van der Waals surface area contributed by atoms with Crippen LogP contribution in [0.25, 0.3) is 0 Å². The fraction of sp³-hybridized carbons (Fsp3) is 0.667. The largest absolute Gasteiger partial charge is 0.461 e. The number of carbonyl (C=O) groups excluding carboxylic acids is 2. The van der Waals surface area contributed by atoms with Crippen LogP contribution in [-0.2, 0) is 20.7 Å². The molecule has 6 heteroatoms. The normalized spacial score (nSPS) is 25.0. The molecule has 1 aromatic rings. The van der Waals surface area contributed by atoms with Gasteiger partial charge in [-0.15, -0.1) is 0 Å². The van der Waals surface area contributed by atoms with E-state index in [1.54, 1.807) is 0 Å². The first-order valence-corrected chi connectivity index (χ1v) is 11.3. The lowest BCUT2D eigenvalue weighted by atomic mass is 9.76. The van der Waals surface area contributed by atoms with Crippen LogP contribution in [0.2, 0.25) is 0 Å². The number of benzene rings is 1. The Balaban J connectivity index is 1.30. The van der Waals surface area contributed by atoms with Gasteiger partial charge in [0, 0.05) is 39.1 Å². The predicted molar refractivity (Wildman–Crippen MR) is 114 cm³/mol. The molecule has 3 heterocycles. The number of rotatable bonds is 4. The van der Waals surface area contributed by atoms with Crippen molar-refractivity contribution in [3.63, 3.8) is 0 Å². The van der Waals surface area contributed by atoms with Gasteiger partial charge in [-0.05, 0) is 50.7 Å². The van der Waals surface area contributed by atoms with Crippen molar-refractivity contribution in [1.82, 2.24) is 9.80 Å². The standard InChI is InChI=1S/C24H34N2O4/c1-17-3-4-18(2)19(13-17)14-22(28)26-11-7-24(8-12-26)15-21(30-23(24)29)16-25-9-5-20(27)6-10-25/h3-4,13,20-21,27H,5-12,14-16H2,1-2H3. The molecule has 0 radical (unpaired) electrons. The van der Waals surface area contributed by atoms with E-state index in [4.69, 9.17) is 4.74 Å². The summed E-state index contributed by atoms with van der Waals surface area (Å²) < 4.78 is 5.76. The number of hydrogen-bond acceptors (Lipinski definition) is 5. The summed E-state index contributed by atoms with van der Waals surface area (Å²) in [5.41, 5.74) is 2.99. The van der Waals surface area contributed by atoms with Gasteiger partial charge < -0.3 is 14.7 Å². The SMILES string of the molecule is Cc1ccc(C)c(CC(=O)N2CCC3(CC2)CC(CN2CCC(O)CC2)OC3=O)c1. The van der Waals surface area contributed by atoms with Crippen LogP contribution < -0.4 is 0 Å². The van der Waals surface area contributed by atoms with Crippen LogP contribution in [0.15, 0.2) is 18.2 Å². The van der Waals surface area contributed by atoms with Gasteiger partial charge in [-0.25, -0.2) is 0 Å². The van der Waals surface area contributed by atoms with Crippen LogP contribution in [0.3, 0.4) is 0 Å². The molecule has 4 rings (SSSR count). The molecular formula is C24H34N2O4. The third-order valence-corrected chi connectivity index (χ3v) is 7.26. The zero-order valence-corrected chi connectivity index (χ0v) is 18.2. The van der Waals surface area contributed by atoms with Gasteiger partial charge in [-0.1, -0.05) is 23.8 Å². The maximum absolute atomic E-state index is 12.9. The number of likely N-dealkylation sites (tertiary alicyclic amines) is 2. The van der Waals surface area contributed by atoms with Crippen molar-refractivity contribution in [3.05, 3.63) is 34.9 Å². The first-order valence-electron chi connectivity index (χ1n) is 11.3. The quantitative estimate of drug-likeness (QED) is 0.765. The number of piperidine rings is 2. The van der Waals surface area contributed by atoms with Crippen LogP contribution in [0.1, 0.15) is 48.8 Å². The number of aliphatic hydroxyl groups is 1. The molecule has 1 amide bonds. The van der Waals surface area contributed by atoms with Gasteiger partial charge in [0.05, 0.1) is 17.9 Å². The summed E-state index contributed by atoms with van der Waals surface area (Å²) in [5, 5.41) is 9.68. The maximum atomic E-state index is 12.9. The molecule has 1 N–H and O–H groups in total. The lowest BCUT2D eigenvalue weighted by molar-refractivity contribution is -0.153. The number of ether oxygens (including phenoxy) is 1. The minimum atomic E-state index is -0.421. The average Bonchev–Trinajstić information content (AvgIpc) is 3.01. The van der Waals surface area contributed by atoms with E-state index in [1.807, 2.05) is 18.7 Å². The van der Waals surface area contributed by atoms with Crippen LogP contribution in [-0.4, -0.2) is 71.7 Å². The van der Waals surface area contributed by atoms with Crippen molar-refractivity contribution in [2.45, 2.75) is 64.6 Å². The van der Waals surface area contributed by atoms with Gasteiger partial charge in [-0.3, -0.25) is 14.5 Å². The Morgan fingerprint density at radius 3 is 2.57 bits per heavy atom. The van der Waals surface area contributed by atoms with E-state index < -0.39 is 5.41 Å². The highest BCUT2D eigenvalue weighted by atomic mass is 16.6. The Labute approximate surface area is 179 Å². The molecular weight excluding hydrogens is 380 g/mol. The Morgan fingerprint density at radius 1 is 1.17 bits per heavy atom. The first kappa shape index (κ1) is 21.3. The minimum Gasteiger partial charge on any atom is -0.461 e. The van der Waals surface area contributed by atoms with Gasteiger partial charge in [0.25, 0.3) is 0 Å². The fourth-order valence-electron chi connectivity index (χ4n) is 5.19. The predicted octanol–water partition coefficient (Wildman–Crippen LogP) is 2.23. The maximum Gasteiger partial charge on any atom is 0.312 e. The molecule has 0 aromatic heterocycles. The third kappa shape index (κ3) is 4.54. The zero-order chi connectivity index (χ0) is 21.3. The number of nitrogens with zero attached hydrogens (tertiary/aromatic N) is 2. The van der Waals surface area contributed by atoms with E-state index in [0.717, 1.165) is 50.0 Å². The summed E-state index contributed by atoms with van der Waals surface area (Å²) in [6.45, 7) is 7.83. The summed E-state index contributed by atoms with van der Waals surface area (Å²) in [4.78, 5) is 29.8. The Hall–Kier alpha value is -1.92. The molecule has 3 saturated heterocycles. The monoisotopic (exact) mass is 414 g/mol. The summed E-state index contributed by atoms with van der Waals surface area (Å²) >= 11 is 0. The smallest absolute Gasteiger partial charge is 0.312 e. The number of amides is 1. The van der Waals surface area contributed by atoms with Crippen LogP contribution >= 0.6 is 0 Å². The molecule has 0 saturated carbocycles. The first-order chi connectivity index (χ1) is 14.3. The highest BCUT2D eigenvalue weighted by Gasteiger charge is 2.51. The van der Waals surface area contributed by atoms with E-state index in [-0.39, 0.29) is 24.1 Å². The van der Waals surface area contributed by atoms with Crippen molar-refractivity contribution < 1.29 is 19.4 Å². The number of hydrogen-bond donors (Lipinski definition) is 1. The van der Waals surface area contributed by atoms with Crippen molar-refractivity contribution in [2.75, 3.05) is 32.7 Å². The van der Waals surface area contributed by atoms with Gasteiger partial charge >= 0.3 is 5.97 Å². The molecule has 164 valence electrons. The van der Waals surface area contributed by atoms with Crippen molar-refractivity contribution in [3.8, 4) is 0 Å². The Morgan fingerprint density at radius 2 is 1.87 bits per heavy atom. The molecule has 30 heavy (non-hydrogen) atoms. The summed E-state index contributed by atoms with van der Waals surface area (Å²) in [6, 6.07) is 6.24. The Kier molecular flexibility index (Phi) is 6.16. The van der Waals surface area contributed by atoms with Gasteiger partial charge in [-0.2, -0.15) is 0 Å². The highest BCUT2D eigenvalue weighted by molar-refractivity contribution is 5.82. The second kappa shape index (κ2) is 8.67. The van der Waals surface area contributed by atoms with E-state index in [9.17, 15) is 14.7 Å². The lowest BCUT2D eigenvalue weighted by Crippen LogP contribution is -2.45. The topological polar surface area (TPSA) is 70.1 Å². The van der Waals surface area contributed by atoms with E-state index in [1.165, 1.54) is 5.56 Å². The van der Waals surface area contributed by atoms with Crippen LogP contribution in [0, 0.1) is 19.3 Å². The van der Waals surface area contributed by atoms with E-state index in [0.29, 0.717) is 32.4 Å². The van der Waals surface area contributed by atoms with Crippen LogP contribution in [0.5, 0.6) is 0 Å². The summed E-state index contributed by atoms with van der Waals surface area (Å²) in [5.74, 6) is 0.0690. The third-order valence-electron chi connectivity index (χ3n) is 7.26. The second-order valence-electron chi connectivity index (χ2n) is 9.53. The van der Waals surface area contributed by atoms with E-state index >= 15 is 0 Å². The number of aliphatic hydroxyl groups excluding tert-OH is 1. The van der Waals surface area contributed by atoms with Crippen molar-refractivity contribution in [1.29, 1.82) is 0 Å². The molecule has 0 bridgehead atoms. The molecule has 0 aliphatic carbocycles. The average molecular weight is 415 g/mol. The molecule has 3 fully saturated rings. The van der Waals surface area contributed by atoms with Gasteiger partial charge in [0.1, 0.15) is 6.10 Å².